The zero-order valence-electron chi connectivity index (χ0n) is 17.6. The first-order valence-corrected chi connectivity index (χ1v) is 10.8. The van der Waals surface area contributed by atoms with E-state index < -0.39 is 0 Å². The Hall–Kier alpha value is -2.05. The van der Waals surface area contributed by atoms with E-state index in [-0.39, 0.29) is 29.9 Å². The normalized spacial score (nSPS) is 24.1. The van der Waals surface area contributed by atoms with Gasteiger partial charge in [0.25, 0.3) is 0 Å². The Bertz CT molecular complexity index is 954. The van der Waals surface area contributed by atoms with Gasteiger partial charge < -0.3 is 24.2 Å². The summed E-state index contributed by atoms with van der Waals surface area (Å²) in [5, 5.41) is 11.6. The number of hydrogen-bond acceptors (Lipinski definition) is 4. The minimum absolute atomic E-state index is 0.0389. The van der Waals surface area contributed by atoms with Crippen molar-refractivity contribution >= 4 is 16.8 Å². The predicted octanol–water partition coefficient (Wildman–Crippen LogP) is 2.44. The van der Waals surface area contributed by atoms with Crippen molar-refractivity contribution in [1.29, 1.82) is 0 Å². The number of aromatic nitrogens is 1. The molecule has 2 aliphatic heterocycles. The molecule has 1 aliphatic carbocycles. The third kappa shape index (κ3) is 2.80. The number of hydrogen-bond donors (Lipinski definition) is 1. The van der Waals surface area contributed by atoms with E-state index in [0.717, 1.165) is 62.3 Å². The quantitative estimate of drug-likeness (QED) is 0.864. The van der Waals surface area contributed by atoms with E-state index >= 15 is 0 Å². The molecule has 1 saturated heterocycles. The number of aryl methyl sites for hydroxylation is 1. The fourth-order valence-electron chi connectivity index (χ4n) is 5.61. The largest absolute Gasteiger partial charge is 0.497 e. The number of benzene rings is 1. The van der Waals surface area contributed by atoms with Crippen molar-refractivity contribution < 1.29 is 14.6 Å². The van der Waals surface area contributed by atoms with Gasteiger partial charge >= 0.3 is 0 Å². The van der Waals surface area contributed by atoms with Crippen molar-refractivity contribution in [3.63, 3.8) is 0 Å². The average Bonchev–Trinajstić information content (AvgIpc) is 3.55. The molecule has 1 aromatic carbocycles. The fraction of sp³-hybridized carbons (Fsp3) is 0.609. The summed E-state index contributed by atoms with van der Waals surface area (Å²) in [4.78, 5) is 17.6. The molecule has 1 saturated carbocycles. The third-order valence-corrected chi connectivity index (χ3v) is 7.48. The lowest BCUT2D eigenvalue weighted by Gasteiger charge is -2.50. The Labute approximate surface area is 172 Å². The summed E-state index contributed by atoms with van der Waals surface area (Å²) >= 11 is 0. The zero-order valence-corrected chi connectivity index (χ0v) is 17.6. The maximum atomic E-state index is 13.2. The average molecular weight is 398 g/mol. The summed E-state index contributed by atoms with van der Waals surface area (Å²) in [6, 6.07) is 6.00. The third-order valence-electron chi connectivity index (χ3n) is 7.48. The molecule has 1 N–H and O–H groups in total. The number of ether oxygens (including phenoxy) is 1. The van der Waals surface area contributed by atoms with Gasteiger partial charge in [-0.3, -0.25) is 4.79 Å². The van der Waals surface area contributed by atoms with E-state index in [1.807, 2.05) is 11.0 Å². The highest BCUT2D eigenvalue weighted by molar-refractivity contribution is 5.90. The van der Waals surface area contributed by atoms with Crippen LogP contribution in [-0.2, 0) is 17.3 Å². The first-order valence-electron chi connectivity index (χ1n) is 10.8. The molecule has 156 valence electrons. The molecule has 1 atom stereocenters. The minimum atomic E-state index is -0.272. The van der Waals surface area contributed by atoms with Crippen LogP contribution in [0.3, 0.4) is 0 Å². The summed E-state index contributed by atoms with van der Waals surface area (Å²) in [6.45, 7) is 2.74. The van der Waals surface area contributed by atoms with E-state index in [1.165, 1.54) is 10.9 Å². The maximum Gasteiger partial charge on any atom is 0.226 e. The van der Waals surface area contributed by atoms with Gasteiger partial charge in [0.2, 0.25) is 5.91 Å². The highest BCUT2D eigenvalue weighted by atomic mass is 16.5. The molecule has 29 heavy (non-hydrogen) atoms. The van der Waals surface area contributed by atoms with E-state index in [2.05, 4.69) is 35.7 Å². The highest BCUT2D eigenvalue weighted by Crippen LogP contribution is 2.51. The minimum Gasteiger partial charge on any atom is -0.497 e. The van der Waals surface area contributed by atoms with Crippen molar-refractivity contribution in [2.45, 2.75) is 37.1 Å². The van der Waals surface area contributed by atoms with Gasteiger partial charge in [0.15, 0.2) is 0 Å². The highest BCUT2D eigenvalue weighted by Gasteiger charge is 2.50. The van der Waals surface area contributed by atoms with E-state index in [9.17, 15) is 9.90 Å². The van der Waals surface area contributed by atoms with Crippen molar-refractivity contribution in [2.24, 2.45) is 13.0 Å². The van der Waals surface area contributed by atoms with Crippen molar-refractivity contribution in [1.82, 2.24) is 14.4 Å². The first-order chi connectivity index (χ1) is 14.0. The molecular formula is C23H31N3O3. The number of likely N-dealkylation sites (tertiary alicyclic amines) is 1. The maximum absolute atomic E-state index is 13.2. The summed E-state index contributed by atoms with van der Waals surface area (Å²) in [7, 11) is 5.93. The molecule has 6 nitrogen and oxygen atoms in total. The van der Waals surface area contributed by atoms with Crippen LogP contribution >= 0.6 is 0 Å². The molecular weight excluding hydrogens is 366 g/mol. The Morgan fingerprint density at radius 2 is 1.97 bits per heavy atom. The van der Waals surface area contributed by atoms with Gasteiger partial charge in [0, 0.05) is 42.1 Å². The van der Waals surface area contributed by atoms with Crippen LogP contribution in [0.5, 0.6) is 5.75 Å². The molecule has 6 heteroatoms. The van der Waals surface area contributed by atoms with Gasteiger partial charge in [0.05, 0.1) is 25.3 Å². The molecule has 3 aliphatic rings. The molecule has 1 amide bonds. The molecule has 5 rings (SSSR count). The van der Waals surface area contributed by atoms with Crippen molar-refractivity contribution in [3.8, 4) is 5.75 Å². The van der Waals surface area contributed by atoms with Crippen molar-refractivity contribution in [3.05, 3.63) is 29.5 Å². The lowest BCUT2D eigenvalue weighted by atomic mass is 9.68. The van der Waals surface area contributed by atoms with Crippen LogP contribution in [0.25, 0.3) is 10.9 Å². The molecule has 3 heterocycles. The first kappa shape index (κ1) is 18.9. The topological polar surface area (TPSA) is 57.9 Å². The van der Waals surface area contributed by atoms with Gasteiger partial charge in [0.1, 0.15) is 5.75 Å². The van der Waals surface area contributed by atoms with Gasteiger partial charge in [-0.05, 0) is 63.5 Å². The molecule has 2 aromatic rings. The molecule has 0 radical (unpaired) electrons. The lowest BCUT2D eigenvalue weighted by molar-refractivity contribution is -0.138. The Kier molecular flexibility index (Phi) is 4.40. The lowest BCUT2D eigenvalue weighted by Crippen LogP contribution is -2.55. The van der Waals surface area contributed by atoms with Gasteiger partial charge in [-0.1, -0.05) is 0 Å². The van der Waals surface area contributed by atoms with Crippen LogP contribution in [0.4, 0.5) is 0 Å². The summed E-state index contributed by atoms with van der Waals surface area (Å²) in [6.07, 6.45) is 4.05. The van der Waals surface area contributed by atoms with Crippen LogP contribution in [0.15, 0.2) is 18.2 Å². The van der Waals surface area contributed by atoms with E-state index in [0.29, 0.717) is 0 Å². The molecule has 1 spiro atoms. The van der Waals surface area contributed by atoms with Crippen molar-refractivity contribution in [2.75, 3.05) is 40.4 Å². The van der Waals surface area contributed by atoms with E-state index in [1.54, 1.807) is 7.11 Å². The van der Waals surface area contributed by atoms with E-state index in [4.69, 9.17) is 4.74 Å². The predicted molar refractivity (Wildman–Crippen MR) is 112 cm³/mol. The Morgan fingerprint density at radius 1 is 1.24 bits per heavy atom. The molecule has 0 unspecified atom stereocenters. The number of piperidine rings is 1. The number of amides is 1. The van der Waals surface area contributed by atoms with Crippen LogP contribution in [-0.4, -0.2) is 65.8 Å². The number of fused-ring (bicyclic) bond motifs is 4. The smallest absolute Gasteiger partial charge is 0.226 e. The number of methoxy groups -OCH3 is 1. The number of carbonyl (C=O) groups excluding carboxylic acids is 1. The number of carbonyl (C=O) groups is 1. The van der Waals surface area contributed by atoms with Crippen LogP contribution in [0.2, 0.25) is 0 Å². The van der Waals surface area contributed by atoms with Gasteiger partial charge in [-0.15, -0.1) is 0 Å². The number of aliphatic hydroxyl groups excluding tert-OH is 1. The second kappa shape index (κ2) is 6.74. The van der Waals surface area contributed by atoms with Gasteiger partial charge in [-0.2, -0.15) is 0 Å². The number of aliphatic hydroxyl groups is 1. The second-order valence-electron chi connectivity index (χ2n) is 9.22. The van der Waals surface area contributed by atoms with Crippen LogP contribution in [0.1, 0.15) is 43.0 Å². The Balaban J connectivity index is 1.73. The molecule has 0 bridgehead atoms. The zero-order chi connectivity index (χ0) is 20.3. The Morgan fingerprint density at radius 3 is 2.59 bits per heavy atom. The number of rotatable bonds is 3. The van der Waals surface area contributed by atoms with Gasteiger partial charge in [-0.25, -0.2) is 0 Å². The second-order valence-corrected chi connectivity index (χ2v) is 9.22. The fourth-order valence-corrected chi connectivity index (χ4v) is 5.61. The standard InChI is InChI=1S/C23H31N3O3/c1-24-10-8-23(9-11-24)14-26(22(28)15-4-5-15)19(13-27)21-20(23)17-7-6-16(29-3)12-18(17)25(21)2/h6-7,12,15,19,27H,4-5,8-11,13-14H2,1-3H3/t19-/m0/s1. The number of nitrogens with zero attached hydrogens (tertiary/aromatic N) is 3. The summed E-state index contributed by atoms with van der Waals surface area (Å²) in [5.74, 6) is 1.22. The monoisotopic (exact) mass is 397 g/mol. The van der Waals surface area contributed by atoms with Crippen LogP contribution in [0, 0.1) is 5.92 Å². The summed E-state index contributed by atoms with van der Waals surface area (Å²) in [5.41, 5.74) is 3.53. The van der Waals surface area contributed by atoms with Crippen LogP contribution < -0.4 is 4.74 Å². The summed E-state index contributed by atoms with van der Waals surface area (Å²) < 4.78 is 7.67. The molecule has 1 aromatic heterocycles. The molecule has 2 fully saturated rings. The SMILES string of the molecule is COc1ccc2c3c(n(C)c2c1)[C@H](CO)N(C(=O)C1CC1)CC31CCN(C)CC1.